The molecule has 1 unspecified atom stereocenters. The SMILES string of the molecule is CCNC(c1cc(OC)ncn1)c1cnnn1C. The Morgan fingerprint density at radius 2 is 2.28 bits per heavy atom. The first-order chi connectivity index (χ1) is 8.76. The Morgan fingerprint density at radius 3 is 2.89 bits per heavy atom. The Kier molecular flexibility index (Phi) is 3.83. The minimum atomic E-state index is -0.0769. The third kappa shape index (κ3) is 2.45. The van der Waals surface area contributed by atoms with E-state index in [1.54, 1.807) is 24.1 Å². The highest BCUT2D eigenvalue weighted by molar-refractivity contribution is 5.23. The smallest absolute Gasteiger partial charge is 0.216 e. The van der Waals surface area contributed by atoms with Crippen LogP contribution < -0.4 is 10.1 Å². The van der Waals surface area contributed by atoms with Gasteiger partial charge >= 0.3 is 0 Å². The summed E-state index contributed by atoms with van der Waals surface area (Å²) in [7, 11) is 3.44. The van der Waals surface area contributed by atoms with Crippen molar-refractivity contribution in [2.24, 2.45) is 7.05 Å². The summed E-state index contributed by atoms with van der Waals surface area (Å²) in [4.78, 5) is 8.29. The van der Waals surface area contributed by atoms with Gasteiger partial charge in [0.25, 0.3) is 0 Å². The number of methoxy groups -OCH3 is 1. The molecule has 0 fully saturated rings. The van der Waals surface area contributed by atoms with Crippen LogP contribution in [0.2, 0.25) is 0 Å². The molecule has 2 aromatic rings. The zero-order valence-corrected chi connectivity index (χ0v) is 10.7. The Balaban J connectivity index is 2.38. The van der Waals surface area contributed by atoms with Gasteiger partial charge in [0, 0.05) is 13.1 Å². The van der Waals surface area contributed by atoms with Crippen molar-refractivity contribution in [3.8, 4) is 5.88 Å². The van der Waals surface area contributed by atoms with Crippen LogP contribution in [-0.2, 0) is 7.05 Å². The summed E-state index contributed by atoms with van der Waals surface area (Å²) < 4.78 is 6.84. The number of nitrogens with one attached hydrogen (secondary N) is 1. The van der Waals surface area contributed by atoms with Crippen molar-refractivity contribution in [2.45, 2.75) is 13.0 Å². The van der Waals surface area contributed by atoms with Gasteiger partial charge in [-0.1, -0.05) is 12.1 Å². The number of rotatable bonds is 5. The van der Waals surface area contributed by atoms with Crippen LogP contribution in [0.1, 0.15) is 24.4 Å². The molecule has 2 heterocycles. The van der Waals surface area contributed by atoms with Crippen LogP contribution in [0.5, 0.6) is 5.88 Å². The van der Waals surface area contributed by atoms with Crippen molar-refractivity contribution < 1.29 is 4.74 Å². The lowest BCUT2D eigenvalue weighted by Crippen LogP contribution is -2.25. The maximum absolute atomic E-state index is 5.11. The maximum Gasteiger partial charge on any atom is 0.216 e. The molecular weight excluding hydrogens is 232 g/mol. The summed E-state index contributed by atoms with van der Waals surface area (Å²) >= 11 is 0. The monoisotopic (exact) mass is 248 g/mol. The normalized spacial score (nSPS) is 12.4. The summed E-state index contributed by atoms with van der Waals surface area (Å²) in [5.41, 5.74) is 1.77. The van der Waals surface area contributed by atoms with Crippen LogP contribution in [0.15, 0.2) is 18.6 Å². The van der Waals surface area contributed by atoms with Gasteiger partial charge < -0.3 is 10.1 Å². The third-order valence-electron chi connectivity index (χ3n) is 2.62. The molecular formula is C11H16N6O. The van der Waals surface area contributed by atoms with Crippen molar-refractivity contribution in [3.05, 3.63) is 30.0 Å². The molecule has 0 aliphatic rings. The minimum absolute atomic E-state index is 0.0769. The molecule has 0 amide bonds. The maximum atomic E-state index is 5.11. The highest BCUT2D eigenvalue weighted by Gasteiger charge is 2.19. The van der Waals surface area contributed by atoms with Crippen molar-refractivity contribution in [1.82, 2.24) is 30.3 Å². The van der Waals surface area contributed by atoms with Gasteiger partial charge in [0.15, 0.2) is 0 Å². The van der Waals surface area contributed by atoms with Crippen LogP contribution in [0.25, 0.3) is 0 Å². The average Bonchev–Trinajstić information content (AvgIpc) is 2.82. The van der Waals surface area contributed by atoms with E-state index in [1.807, 2.05) is 14.0 Å². The van der Waals surface area contributed by atoms with E-state index in [1.165, 1.54) is 6.33 Å². The van der Waals surface area contributed by atoms with E-state index < -0.39 is 0 Å². The molecule has 2 rings (SSSR count). The van der Waals surface area contributed by atoms with Gasteiger partial charge in [-0.2, -0.15) is 0 Å². The third-order valence-corrected chi connectivity index (χ3v) is 2.62. The fraction of sp³-hybridized carbons (Fsp3) is 0.455. The lowest BCUT2D eigenvalue weighted by atomic mass is 10.1. The number of ether oxygens (including phenoxy) is 1. The Bertz CT molecular complexity index is 512. The fourth-order valence-electron chi connectivity index (χ4n) is 1.75. The van der Waals surface area contributed by atoms with Crippen LogP contribution in [-0.4, -0.2) is 38.6 Å². The Hall–Kier alpha value is -2.02. The Morgan fingerprint density at radius 1 is 1.44 bits per heavy atom. The first-order valence-corrected chi connectivity index (χ1v) is 5.70. The first-order valence-electron chi connectivity index (χ1n) is 5.70. The molecule has 0 aromatic carbocycles. The number of hydrogen-bond acceptors (Lipinski definition) is 6. The van der Waals surface area contributed by atoms with Crippen molar-refractivity contribution in [2.75, 3.05) is 13.7 Å². The molecule has 1 atom stereocenters. The second-order valence-electron chi connectivity index (χ2n) is 3.76. The van der Waals surface area contributed by atoms with Gasteiger partial charge in [-0.15, -0.1) is 5.10 Å². The molecule has 0 saturated heterocycles. The van der Waals surface area contributed by atoms with E-state index in [9.17, 15) is 0 Å². The lowest BCUT2D eigenvalue weighted by Gasteiger charge is -2.17. The molecule has 0 aliphatic heterocycles. The van der Waals surface area contributed by atoms with Crippen molar-refractivity contribution >= 4 is 0 Å². The average molecular weight is 248 g/mol. The van der Waals surface area contributed by atoms with E-state index in [0.29, 0.717) is 5.88 Å². The van der Waals surface area contributed by atoms with Gasteiger partial charge in [-0.25, -0.2) is 9.97 Å². The van der Waals surface area contributed by atoms with Gasteiger partial charge in [0.1, 0.15) is 6.33 Å². The molecule has 0 radical (unpaired) electrons. The van der Waals surface area contributed by atoms with Crippen LogP contribution in [0.3, 0.4) is 0 Å². The van der Waals surface area contributed by atoms with E-state index in [-0.39, 0.29) is 6.04 Å². The van der Waals surface area contributed by atoms with Gasteiger partial charge in [0.2, 0.25) is 5.88 Å². The van der Waals surface area contributed by atoms with Crippen molar-refractivity contribution in [3.63, 3.8) is 0 Å². The number of aryl methyl sites for hydroxylation is 1. The highest BCUT2D eigenvalue weighted by Crippen LogP contribution is 2.20. The quantitative estimate of drug-likeness (QED) is 0.820. The molecule has 7 nitrogen and oxygen atoms in total. The molecule has 1 N–H and O–H groups in total. The van der Waals surface area contributed by atoms with E-state index in [4.69, 9.17) is 4.74 Å². The molecule has 0 aliphatic carbocycles. The number of hydrogen-bond donors (Lipinski definition) is 1. The second kappa shape index (κ2) is 5.54. The molecule has 18 heavy (non-hydrogen) atoms. The lowest BCUT2D eigenvalue weighted by molar-refractivity contribution is 0.394. The summed E-state index contributed by atoms with van der Waals surface area (Å²) in [6.45, 7) is 2.84. The predicted octanol–water partition coefficient (Wildman–Crippen LogP) is 0.313. The van der Waals surface area contributed by atoms with Crippen LogP contribution in [0, 0.1) is 0 Å². The summed E-state index contributed by atoms with van der Waals surface area (Å²) in [6, 6.07) is 1.73. The molecule has 0 saturated carbocycles. The topological polar surface area (TPSA) is 77.8 Å². The summed E-state index contributed by atoms with van der Waals surface area (Å²) in [6.07, 6.45) is 3.21. The Labute approximate surface area is 105 Å². The molecule has 96 valence electrons. The zero-order chi connectivity index (χ0) is 13.0. The zero-order valence-electron chi connectivity index (χ0n) is 10.7. The summed E-state index contributed by atoms with van der Waals surface area (Å²) in [5.74, 6) is 0.540. The standard InChI is InChI=1S/C11H16N6O/c1-4-12-11(9-6-15-16-17(9)2)8-5-10(18-3)14-7-13-8/h5-7,11-12H,4H2,1-3H3. The largest absolute Gasteiger partial charge is 0.481 e. The summed E-state index contributed by atoms with van der Waals surface area (Å²) in [5, 5.41) is 11.2. The van der Waals surface area contributed by atoms with Crippen molar-refractivity contribution in [1.29, 1.82) is 0 Å². The van der Waals surface area contributed by atoms with Gasteiger partial charge in [-0.05, 0) is 6.54 Å². The van der Waals surface area contributed by atoms with Gasteiger partial charge in [0.05, 0.1) is 30.7 Å². The molecule has 7 heteroatoms. The molecule has 2 aromatic heterocycles. The second-order valence-corrected chi connectivity index (χ2v) is 3.76. The number of aromatic nitrogens is 5. The van der Waals surface area contributed by atoms with E-state index >= 15 is 0 Å². The van der Waals surface area contributed by atoms with Gasteiger partial charge in [-0.3, -0.25) is 4.68 Å². The van der Waals surface area contributed by atoms with E-state index in [2.05, 4.69) is 25.6 Å². The predicted molar refractivity (Wildman–Crippen MR) is 65.1 cm³/mol. The van der Waals surface area contributed by atoms with Crippen LogP contribution >= 0.6 is 0 Å². The molecule has 0 bridgehead atoms. The molecule has 0 spiro atoms. The first kappa shape index (κ1) is 12.4. The number of nitrogens with zero attached hydrogens (tertiary/aromatic N) is 5. The fourth-order valence-corrected chi connectivity index (χ4v) is 1.75. The highest BCUT2D eigenvalue weighted by atomic mass is 16.5. The van der Waals surface area contributed by atoms with E-state index in [0.717, 1.165) is 17.9 Å². The van der Waals surface area contributed by atoms with Crippen LogP contribution in [0.4, 0.5) is 0 Å². The minimum Gasteiger partial charge on any atom is -0.481 e.